The predicted molar refractivity (Wildman–Crippen MR) is 68.6 cm³/mol. The van der Waals surface area contributed by atoms with Gasteiger partial charge in [-0.25, -0.2) is 8.78 Å². The Morgan fingerprint density at radius 1 is 1.11 bits per heavy atom. The van der Waals surface area contributed by atoms with Gasteiger partial charge in [0.25, 0.3) is 5.91 Å². The number of hydrogen-bond donors (Lipinski definition) is 2. The van der Waals surface area contributed by atoms with Crippen molar-refractivity contribution in [2.45, 2.75) is 6.54 Å². The monoisotopic (exact) mass is 262 g/mol. The number of nitrogens with two attached hydrogens (primary N) is 1. The highest BCUT2D eigenvalue weighted by Crippen LogP contribution is 2.16. The van der Waals surface area contributed by atoms with E-state index in [9.17, 15) is 13.6 Å². The smallest absolute Gasteiger partial charge is 0.261 e. The lowest BCUT2D eigenvalue weighted by atomic mass is 10.1. The molecule has 0 spiro atoms. The Labute approximate surface area is 109 Å². The molecule has 2 aromatic carbocycles. The fourth-order valence-corrected chi connectivity index (χ4v) is 1.68. The standard InChI is InChI=1S/C14H12F2N2O/c15-11-5-2-6-12(16)13(11)14(19)18-10-4-1-3-9(7-10)8-17/h1-7H,8,17H2,(H,18,19). The zero-order valence-corrected chi connectivity index (χ0v) is 9.99. The van der Waals surface area contributed by atoms with Crippen LogP contribution in [0.2, 0.25) is 0 Å². The van der Waals surface area contributed by atoms with E-state index in [0.717, 1.165) is 17.7 Å². The number of benzene rings is 2. The van der Waals surface area contributed by atoms with Crippen LogP contribution in [0.1, 0.15) is 15.9 Å². The number of nitrogens with one attached hydrogen (secondary N) is 1. The SMILES string of the molecule is NCc1cccc(NC(=O)c2c(F)cccc2F)c1. The summed E-state index contributed by atoms with van der Waals surface area (Å²) >= 11 is 0. The summed E-state index contributed by atoms with van der Waals surface area (Å²) in [6.45, 7) is 0.317. The van der Waals surface area contributed by atoms with Crippen LogP contribution in [-0.4, -0.2) is 5.91 Å². The fraction of sp³-hybridized carbons (Fsp3) is 0.0714. The number of hydrogen-bond acceptors (Lipinski definition) is 2. The molecular weight excluding hydrogens is 250 g/mol. The first-order chi connectivity index (χ1) is 9.11. The number of anilines is 1. The predicted octanol–water partition coefficient (Wildman–Crippen LogP) is 2.68. The van der Waals surface area contributed by atoms with Crippen molar-refractivity contribution in [2.75, 3.05) is 5.32 Å². The van der Waals surface area contributed by atoms with Gasteiger partial charge in [0, 0.05) is 12.2 Å². The molecule has 0 aliphatic rings. The molecule has 2 aromatic rings. The molecule has 19 heavy (non-hydrogen) atoms. The van der Waals surface area contributed by atoms with Crippen molar-refractivity contribution in [3.8, 4) is 0 Å². The molecule has 0 bridgehead atoms. The highest BCUT2D eigenvalue weighted by atomic mass is 19.1. The van der Waals surface area contributed by atoms with Gasteiger partial charge < -0.3 is 11.1 Å². The second kappa shape index (κ2) is 5.58. The van der Waals surface area contributed by atoms with Crippen LogP contribution in [-0.2, 0) is 6.54 Å². The zero-order chi connectivity index (χ0) is 13.8. The Morgan fingerprint density at radius 2 is 1.74 bits per heavy atom. The normalized spacial score (nSPS) is 10.3. The van der Waals surface area contributed by atoms with E-state index in [2.05, 4.69) is 5.32 Å². The van der Waals surface area contributed by atoms with Gasteiger partial charge >= 0.3 is 0 Å². The molecule has 3 N–H and O–H groups in total. The molecule has 0 heterocycles. The third-order valence-electron chi connectivity index (χ3n) is 2.61. The van der Waals surface area contributed by atoms with Crippen LogP contribution >= 0.6 is 0 Å². The van der Waals surface area contributed by atoms with E-state index < -0.39 is 23.1 Å². The molecule has 0 aliphatic carbocycles. The average molecular weight is 262 g/mol. The number of carbonyl (C=O) groups is 1. The molecule has 0 unspecified atom stereocenters. The molecule has 0 radical (unpaired) electrons. The molecule has 0 saturated carbocycles. The summed E-state index contributed by atoms with van der Waals surface area (Å²) in [5.41, 5.74) is 6.13. The van der Waals surface area contributed by atoms with Gasteiger partial charge in [-0.15, -0.1) is 0 Å². The van der Waals surface area contributed by atoms with E-state index >= 15 is 0 Å². The fourth-order valence-electron chi connectivity index (χ4n) is 1.68. The Bertz CT molecular complexity index is 594. The zero-order valence-electron chi connectivity index (χ0n) is 9.99. The van der Waals surface area contributed by atoms with Gasteiger partial charge in [0.05, 0.1) is 0 Å². The average Bonchev–Trinajstić information content (AvgIpc) is 2.38. The third kappa shape index (κ3) is 2.95. The van der Waals surface area contributed by atoms with E-state index in [1.54, 1.807) is 24.3 Å². The lowest BCUT2D eigenvalue weighted by Gasteiger charge is -2.08. The summed E-state index contributed by atoms with van der Waals surface area (Å²) in [7, 11) is 0. The van der Waals surface area contributed by atoms with Crippen LogP contribution in [0.15, 0.2) is 42.5 Å². The summed E-state index contributed by atoms with van der Waals surface area (Å²) in [6.07, 6.45) is 0. The van der Waals surface area contributed by atoms with Gasteiger partial charge in [0.15, 0.2) is 0 Å². The summed E-state index contributed by atoms with van der Waals surface area (Å²) in [5, 5.41) is 2.44. The maximum atomic E-state index is 13.4. The van der Waals surface area contributed by atoms with Gasteiger partial charge in [0.2, 0.25) is 0 Å². The number of rotatable bonds is 3. The quantitative estimate of drug-likeness (QED) is 0.893. The number of halogens is 2. The molecule has 0 fully saturated rings. The molecule has 2 rings (SSSR count). The van der Waals surface area contributed by atoms with Crippen molar-refractivity contribution in [1.82, 2.24) is 0 Å². The molecule has 1 amide bonds. The van der Waals surface area contributed by atoms with Gasteiger partial charge in [-0.1, -0.05) is 18.2 Å². The van der Waals surface area contributed by atoms with Crippen LogP contribution < -0.4 is 11.1 Å². The Hall–Kier alpha value is -2.27. The van der Waals surface area contributed by atoms with Crippen LogP contribution in [0.4, 0.5) is 14.5 Å². The van der Waals surface area contributed by atoms with Crippen LogP contribution in [0.25, 0.3) is 0 Å². The summed E-state index contributed by atoms with van der Waals surface area (Å²) in [5.74, 6) is -2.62. The molecule has 98 valence electrons. The first-order valence-corrected chi connectivity index (χ1v) is 5.66. The lowest BCUT2D eigenvalue weighted by Crippen LogP contribution is -2.16. The topological polar surface area (TPSA) is 55.1 Å². The highest BCUT2D eigenvalue weighted by molar-refractivity contribution is 6.04. The van der Waals surface area contributed by atoms with Crippen molar-refractivity contribution < 1.29 is 13.6 Å². The minimum Gasteiger partial charge on any atom is -0.326 e. The summed E-state index contributed by atoms with van der Waals surface area (Å²) in [4.78, 5) is 11.8. The van der Waals surface area contributed by atoms with Crippen molar-refractivity contribution in [2.24, 2.45) is 5.73 Å². The van der Waals surface area contributed by atoms with E-state index in [-0.39, 0.29) is 0 Å². The van der Waals surface area contributed by atoms with Crippen LogP contribution in [0.3, 0.4) is 0 Å². The highest BCUT2D eigenvalue weighted by Gasteiger charge is 2.16. The van der Waals surface area contributed by atoms with Crippen molar-refractivity contribution in [1.29, 1.82) is 0 Å². The van der Waals surface area contributed by atoms with Gasteiger partial charge in [0.1, 0.15) is 17.2 Å². The Morgan fingerprint density at radius 3 is 2.37 bits per heavy atom. The molecule has 0 saturated heterocycles. The van der Waals surface area contributed by atoms with Gasteiger partial charge in [-0.3, -0.25) is 4.79 Å². The number of amides is 1. The minimum absolute atomic E-state index is 0.317. The van der Waals surface area contributed by atoms with Crippen LogP contribution in [0, 0.1) is 11.6 Å². The Kier molecular flexibility index (Phi) is 3.87. The maximum Gasteiger partial charge on any atom is 0.261 e. The summed E-state index contributed by atoms with van der Waals surface area (Å²) < 4.78 is 26.9. The molecule has 3 nitrogen and oxygen atoms in total. The van der Waals surface area contributed by atoms with Crippen molar-refractivity contribution in [3.63, 3.8) is 0 Å². The molecular formula is C14H12F2N2O. The number of carbonyl (C=O) groups excluding carboxylic acids is 1. The second-order valence-electron chi connectivity index (χ2n) is 3.96. The van der Waals surface area contributed by atoms with Gasteiger partial charge in [-0.2, -0.15) is 0 Å². The second-order valence-corrected chi connectivity index (χ2v) is 3.96. The maximum absolute atomic E-state index is 13.4. The minimum atomic E-state index is -0.896. The van der Waals surface area contributed by atoms with Crippen molar-refractivity contribution >= 4 is 11.6 Å². The molecule has 0 aromatic heterocycles. The van der Waals surface area contributed by atoms with E-state index in [1.807, 2.05) is 0 Å². The molecule has 0 atom stereocenters. The van der Waals surface area contributed by atoms with Crippen LogP contribution in [0.5, 0.6) is 0 Å². The van der Waals surface area contributed by atoms with E-state index in [1.165, 1.54) is 6.07 Å². The van der Waals surface area contributed by atoms with Crippen molar-refractivity contribution in [3.05, 3.63) is 65.2 Å². The Balaban J connectivity index is 2.26. The van der Waals surface area contributed by atoms with E-state index in [0.29, 0.717) is 12.2 Å². The first-order valence-electron chi connectivity index (χ1n) is 5.66. The van der Waals surface area contributed by atoms with Gasteiger partial charge in [-0.05, 0) is 29.8 Å². The molecule has 5 heteroatoms. The third-order valence-corrected chi connectivity index (χ3v) is 2.61. The van der Waals surface area contributed by atoms with E-state index in [4.69, 9.17) is 5.73 Å². The lowest BCUT2D eigenvalue weighted by molar-refractivity contribution is 0.101. The first kappa shape index (κ1) is 13.2. The molecule has 0 aliphatic heterocycles. The largest absolute Gasteiger partial charge is 0.326 e. The summed E-state index contributed by atoms with van der Waals surface area (Å²) in [6, 6.07) is 10.0.